The highest BCUT2D eigenvalue weighted by atomic mass is 32.2. The SMILES string of the molecule is COc1ccccc1-n1cnnc1SC(C)C(=O)Nc1ccc(C(C)(C)C)cc1. The van der Waals surface area contributed by atoms with E-state index in [1.807, 2.05) is 60.0 Å². The Labute approximate surface area is 175 Å². The van der Waals surface area contributed by atoms with Gasteiger partial charge in [0.05, 0.1) is 18.0 Å². The Kier molecular flexibility index (Phi) is 6.27. The summed E-state index contributed by atoms with van der Waals surface area (Å²) >= 11 is 1.35. The Hall–Kier alpha value is -2.80. The number of methoxy groups -OCH3 is 1. The van der Waals surface area contributed by atoms with Crippen LogP contribution in [0.4, 0.5) is 5.69 Å². The lowest BCUT2D eigenvalue weighted by Crippen LogP contribution is -2.23. The molecule has 0 spiro atoms. The fourth-order valence-corrected chi connectivity index (χ4v) is 3.64. The molecular weight excluding hydrogens is 384 g/mol. The molecule has 0 aliphatic heterocycles. The maximum atomic E-state index is 12.7. The van der Waals surface area contributed by atoms with Crippen LogP contribution in [0.1, 0.15) is 33.3 Å². The van der Waals surface area contributed by atoms with Crippen molar-refractivity contribution in [2.75, 3.05) is 12.4 Å². The van der Waals surface area contributed by atoms with Crippen molar-refractivity contribution in [1.82, 2.24) is 14.8 Å². The number of amides is 1. The molecule has 0 saturated carbocycles. The summed E-state index contributed by atoms with van der Waals surface area (Å²) in [6, 6.07) is 15.6. The van der Waals surface area contributed by atoms with Crippen LogP contribution in [0.3, 0.4) is 0 Å². The van der Waals surface area contributed by atoms with Crippen LogP contribution in [0.15, 0.2) is 60.0 Å². The summed E-state index contributed by atoms with van der Waals surface area (Å²) in [5, 5.41) is 11.4. The van der Waals surface area contributed by atoms with Gasteiger partial charge in [0, 0.05) is 5.69 Å². The van der Waals surface area contributed by atoms with Crippen molar-refractivity contribution in [2.45, 2.75) is 43.5 Å². The standard InChI is InChI=1S/C22H26N4O2S/c1-15(20(27)24-17-12-10-16(11-13-17)22(2,3)4)29-21-25-23-14-26(21)18-8-6-7-9-19(18)28-5/h6-15H,1-5H3,(H,24,27). The van der Waals surface area contributed by atoms with E-state index in [9.17, 15) is 4.79 Å². The number of carbonyl (C=O) groups excluding carboxylic acids is 1. The average molecular weight is 411 g/mol. The van der Waals surface area contributed by atoms with Crippen LogP contribution in [-0.2, 0) is 10.2 Å². The zero-order chi connectivity index (χ0) is 21.0. The van der Waals surface area contributed by atoms with Gasteiger partial charge in [-0.3, -0.25) is 9.36 Å². The lowest BCUT2D eigenvalue weighted by Gasteiger charge is -2.19. The van der Waals surface area contributed by atoms with E-state index in [-0.39, 0.29) is 16.6 Å². The fourth-order valence-electron chi connectivity index (χ4n) is 2.81. The van der Waals surface area contributed by atoms with Crippen molar-refractivity contribution >= 4 is 23.4 Å². The van der Waals surface area contributed by atoms with Crippen LogP contribution in [0.2, 0.25) is 0 Å². The maximum absolute atomic E-state index is 12.7. The van der Waals surface area contributed by atoms with E-state index in [0.717, 1.165) is 11.4 Å². The topological polar surface area (TPSA) is 69.0 Å². The number of aromatic nitrogens is 3. The molecule has 0 bridgehead atoms. The van der Waals surface area contributed by atoms with Crippen molar-refractivity contribution in [1.29, 1.82) is 0 Å². The number of anilines is 1. The van der Waals surface area contributed by atoms with Gasteiger partial charge in [0.25, 0.3) is 0 Å². The van der Waals surface area contributed by atoms with E-state index in [4.69, 9.17) is 4.74 Å². The Morgan fingerprint density at radius 2 is 1.83 bits per heavy atom. The van der Waals surface area contributed by atoms with Crippen molar-refractivity contribution in [3.63, 3.8) is 0 Å². The fraction of sp³-hybridized carbons (Fsp3) is 0.318. The van der Waals surface area contributed by atoms with Gasteiger partial charge in [0.15, 0.2) is 5.16 Å². The first-order valence-corrected chi connectivity index (χ1v) is 10.3. The number of hydrogen-bond donors (Lipinski definition) is 1. The minimum Gasteiger partial charge on any atom is -0.495 e. The van der Waals surface area contributed by atoms with Crippen LogP contribution in [0, 0.1) is 0 Å². The number of thioether (sulfide) groups is 1. The number of carbonyl (C=O) groups is 1. The van der Waals surface area contributed by atoms with Crippen molar-refractivity contribution < 1.29 is 9.53 Å². The van der Waals surface area contributed by atoms with E-state index in [2.05, 4.69) is 36.3 Å². The summed E-state index contributed by atoms with van der Waals surface area (Å²) < 4.78 is 7.25. The van der Waals surface area contributed by atoms with E-state index in [1.165, 1.54) is 17.3 Å². The molecule has 7 heteroatoms. The van der Waals surface area contributed by atoms with Gasteiger partial charge < -0.3 is 10.1 Å². The molecule has 1 N–H and O–H groups in total. The molecule has 1 atom stereocenters. The van der Waals surface area contributed by atoms with Gasteiger partial charge in [-0.25, -0.2) is 0 Å². The summed E-state index contributed by atoms with van der Waals surface area (Å²) in [6.07, 6.45) is 1.62. The van der Waals surface area contributed by atoms with Crippen molar-refractivity contribution in [2.24, 2.45) is 0 Å². The minimum absolute atomic E-state index is 0.0776. The highest BCUT2D eigenvalue weighted by molar-refractivity contribution is 8.00. The molecule has 1 aromatic heterocycles. The summed E-state index contributed by atoms with van der Waals surface area (Å²) in [7, 11) is 1.62. The van der Waals surface area contributed by atoms with Crippen molar-refractivity contribution in [3.05, 3.63) is 60.4 Å². The molecule has 1 unspecified atom stereocenters. The van der Waals surface area contributed by atoms with E-state index in [1.54, 1.807) is 13.4 Å². The normalized spacial score (nSPS) is 12.4. The summed E-state index contributed by atoms with van der Waals surface area (Å²) in [6.45, 7) is 8.34. The molecule has 29 heavy (non-hydrogen) atoms. The van der Waals surface area contributed by atoms with E-state index >= 15 is 0 Å². The molecule has 2 aromatic carbocycles. The first-order valence-electron chi connectivity index (χ1n) is 9.41. The van der Waals surface area contributed by atoms with Gasteiger partial charge >= 0.3 is 0 Å². The van der Waals surface area contributed by atoms with Crippen LogP contribution in [0.25, 0.3) is 5.69 Å². The van der Waals surface area contributed by atoms with Gasteiger partial charge in [-0.15, -0.1) is 10.2 Å². The summed E-state index contributed by atoms with van der Waals surface area (Å²) in [5.74, 6) is 0.623. The number of ether oxygens (including phenoxy) is 1. The third-order valence-corrected chi connectivity index (χ3v) is 5.59. The Morgan fingerprint density at radius 3 is 2.48 bits per heavy atom. The molecule has 0 aliphatic carbocycles. The lowest BCUT2D eigenvalue weighted by atomic mass is 9.87. The van der Waals surface area contributed by atoms with Gasteiger partial charge in [0.2, 0.25) is 5.91 Å². The van der Waals surface area contributed by atoms with Crippen LogP contribution < -0.4 is 10.1 Å². The number of benzene rings is 2. The molecule has 152 valence electrons. The number of para-hydroxylation sites is 2. The largest absolute Gasteiger partial charge is 0.495 e. The number of rotatable bonds is 6. The Morgan fingerprint density at radius 1 is 1.14 bits per heavy atom. The monoisotopic (exact) mass is 410 g/mol. The molecule has 6 nitrogen and oxygen atoms in total. The number of nitrogens with zero attached hydrogens (tertiary/aromatic N) is 3. The second kappa shape index (κ2) is 8.69. The van der Waals surface area contributed by atoms with E-state index < -0.39 is 0 Å². The highest BCUT2D eigenvalue weighted by Gasteiger charge is 2.20. The van der Waals surface area contributed by atoms with Crippen molar-refractivity contribution in [3.8, 4) is 11.4 Å². The first kappa shape index (κ1) is 20.9. The van der Waals surface area contributed by atoms with Crippen LogP contribution >= 0.6 is 11.8 Å². The maximum Gasteiger partial charge on any atom is 0.237 e. The molecule has 3 aromatic rings. The zero-order valence-electron chi connectivity index (χ0n) is 17.3. The molecule has 0 saturated heterocycles. The number of nitrogens with one attached hydrogen (secondary N) is 1. The second-order valence-corrected chi connectivity index (χ2v) is 9.04. The number of hydrogen-bond acceptors (Lipinski definition) is 5. The quantitative estimate of drug-likeness (QED) is 0.597. The second-order valence-electron chi connectivity index (χ2n) is 7.73. The molecule has 0 radical (unpaired) electrons. The Bertz CT molecular complexity index is 977. The predicted octanol–water partition coefficient (Wildman–Crippen LogP) is 4.69. The summed E-state index contributed by atoms with van der Waals surface area (Å²) in [4.78, 5) is 12.7. The summed E-state index contributed by atoms with van der Waals surface area (Å²) in [5.41, 5.74) is 2.91. The predicted molar refractivity (Wildman–Crippen MR) is 117 cm³/mol. The smallest absolute Gasteiger partial charge is 0.237 e. The van der Waals surface area contributed by atoms with Crippen LogP contribution in [-0.4, -0.2) is 33.0 Å². The minimum atomic E-state index is -0.352. The van der Waals surface area contributed by atoms with E-state index in [0.29, 0.717) is 10.9 Å². The molecular formula is C22H26N4O2S. The molecule has 1 heterocycles. The molecule has 0 fully saturated rings. The Balaban J connectivity index is 1.70. The molecule has 0 aliphatic rings. The zero-order valence-corrected chi connectivity index (χ0v) is 18.2. The van der Waals surface area contributed by atoms with Gasteiger partial charge in [-0.2, -0.15) is 0 Å². The van der Waals surface area contributed by atoms with Crippen LogP contribution in [0.5, 0.6) is 5.75 Å². The highest BCUT2D eigenvalue weighted by Crippen LogP contribution is 2.29. The average Bonchev–Trinajstić information content (AvgIpc) is 3.15. The first-order chi connectivity index (χ1) is 13.8. The third kappa shape index (κ3) is 4.98. The third-order valence-electron chi connectivity index (χ3n) is 4.53. The lowest BCUT2D eigenvalue weighted by molar-refractivity contribution is -0.115. The molecule has 3 rings (SSSR count). The van der Waals surface area contributed by atoms with Gasteiger partial charge in [0.1, 0.15) is 12.1 Å². The van der Waals surface area contributed by atoms with Gasteiger partial charge in [-0.05, 0) is 42.2 Å². The van der Waals surface area contributed by atoms with Gasteiger partial charge in [-0.1, -0.05) is 56.8 Å². The molecule has 1 amide bonds.